The Morgan fingerprint density at radius 1 is 1.62 bits per heavy atom. The summed E-state index contributed by atoms with van der Waals surface area (Å²) in [5.41, 5.74) is 0.388. The molecular formula is C8H8ClNO3. The fraction of sp³-hybridized carbons (Fsp3) is 0.250. The van der Waals surface area contributed by atoms with Crippen molar-refractivity contribution in [2.24, 2.45) is 0 Å². The van der Waals surface area contributed by atoms with E-state index in [1.54, 1.807) is 6.92 Å². The molecule has 1 aromatic rings. The summed E-state index contributed by atoms with van der Waals surface area (Å²) in [4.78, 5) is 9.86. The molecule has 0 unspecified atom stereocenters. The lowest BCUT2D eigenvalue weighted by molar-refractivity contribution is -0.384. The topological polar surface area (TPSA) is 63.4 Å². The normalized spacial score (nSPS) is 10.0. The Hall–Kier alpha value is -1.29. The van der Waals surface area contributed by atoms with Crippen LogP contribution in [0.1, 0.15) is 12.5 Å². The predicted molar refractivity (Wildman–Crippen MR) is 49.1 cm³/mol. The van der Waals surface area contributed by atoms with Crippen LogP contribution >= 0.6 is 11.6 Å². The quantitative estimate of drug-likeness (QED) is 0.591. The Balaban J connectivity index is 3.30. The van der Waals surface area contributed by atoms with Crippen LogP contribution in [0.25, 0.3) is 0 Å². The van der Waals surface area contributed by atoms with Crippen molar-refractivity contribution < 1.29 is 10.0 Å². The van der Waals surface area contributed by atoms with Crippen molar-refractivity contribution in [3.05, 3.63) is 32.8 Å². The third-order valence-electron chi connectivity index (χ3n) is 1.72. The van der Waals surface area contributed by atoms with Crippen LogP contribution < -0.4 is 0 Å². The van der Waals surface area contributed by atoms with Gasteiger partial charge in [0.2, 0.25) is 0 Å². The number of halogens is 1. The molecule has 0 aliphatic carbocycles. The summed E-state index contributed by atoms with van der Waals surface area (Å²) < 4.78 is 0. The summed E-state index contributed by atoms with van der Waals surface area (Å²) in [5.74, 6) is -0.0743. The highest BCUT2D eigenvalue weighted by Crippen LogP contribution is 2.32. The minimum atomic E-state index is -0.537. The van der Waals surface area contributed by atoms with Crippen molar-refractivity contribution in [1.29, 1.82) is 0 Å². The van der Waals surface area contributed by atoms with Gasteiger partial charge in [-0.15, -0.1) is 0 Å². The lowest BCUT2D eigenvalue weighted by Crippen LogP contribution is -1.91. The Labute approximate surface area is 79.9 Å². The van der Waals surface area contributed by atoms with Gasteiger partial charge in [0, 0.05) is 17.7 Å². The predicted octanol–water partition coefficient (Wildman–Crippen LogP) is 2.52. The van der Waals surface area contributed by atoms with Crippen LogP contribution in [0, 0.1) is 10.1 Å². The van der Waals surface area contributed by atoms with Crippen LogP contribution in [-0.2, 0) is 6.42 Å². The highest BCUT2D eigenvalue weighted by atomic mass is 35.5. The summed E-state index contributed by atoms with van der Waals surface area (Å²) in [7, 11) is 0. The van der Waals surface area contributed by atoms with Gasteiger partial charge in [0.1, 0.15) is 5.75 Å². The van der Waals surface area contributed by atoms with Gasteiger partial charge in [-0.1, -0.05) is 18.5 Å². The zero-order chi connectivity index (χ0) is 10.0. The molecule has 0 amide bonds. The number of rotatable bonds is 2. The number of aromatic hydroxyl groups is 1. The third-order valence-corrected chi connectivity index (χ3v) is 2.01. The molecule has 0 saturated heterocycles. The number of nitro groups is 1. The van der Waals surface area contributed by atoms with Crippen molar-refractivity contribution >= 4 is 17.3 Å². The monoisotopic (exact) mass is 201 g/mol. The molecule has 13 heavy (non-hydrogen) atoms. The van der Waals surface area contributed by atoms with Gasteiger partial charge in [-0.3, -0.25) is 10.1 Å². The smallest absolute Gasteiger partial charge is 0.271 e. The largest absolute Gasteiger partial charge is 0.506 e. The first-order valence-electron chi connectivity index (χ1n) is 3.72. The number of non-ortho nitro benzene ring substituents is 1. The number of nitrogens with zero attached hydrogens (tertiary/aromatic N) is 1. The highest BCUT2D eigenvalue weighted by Gasteiger charge is 2.13. The highest BCUT2D eigenvalue weighted by molar-refractivity contribution is 6.32. The van der Waals surface area contributed by atoms with E-state index < -0.39 is 4.92 Å². The van der Waals surface area contributed by atoms with Crippen LogP contribution in [0.3, 0.4) is 0 Å². The maximum Gasteiger partial charge on any atom is 0.271 e. The first kappa shape index (κ1) is 9.80. The molecule has 0 radical (unpaired) electrons. The van der Waals surface area contributed by atoms with Gasteiger partial charge in [-0.25, -0.2) is 0 Å². The number of phenols is 1. The van der Waals surface area contributed by atoms with Crippen molar-refractivity contribution in [3.8, 4) is 5.75 Å². The molecular weight excluding hydrogens is 194 g/mol. The van der Waals surface area contributed by atoms with Crippen molar-refractivity contribution in [1.82, 2.24) is 0 Å². The number of nitro benzene ring substituents is 1. The van der Waals surface area contributed by atoms with Crippen LogP contribution in [0.2, 0.25) is 5.02 Å². The Kier molecular flexibility index (Phi) is 2.72. The maximum atomic E-state index is 10.4. The van der Waals surface area contributed by atoms with E-state index in [1.165, 1.54) is 6.07 Å². The maximum absolute atomic E-state index is 10.4. The molecule has 5 heteroatoms. The van der Waals surface area contributed by atoms with Crippen LogP contribution in [0.4, 0.5) is 5.69 Å². The molecule has 0 aliphatic heterocycles. The number of hydrogen-bond acceptors (Lipinski definition) is 3. The molecule has 0 spiro atoms. The van der Waals surface area contributed by atoms with E-state index in [9.17, 15) is 15.2 Å². The fourth-order valence-corrected chi connectivity index (χ4v) is 1.25. The molecule has 0 atom stereocenters. The minimum absolute atomic E-state index is 0.0195. The Bertz CT molecular complexity index is 351. The van der Waals surface area contributed by atoms with Crippen LogP contribution in [0.5, 0.6) is 5.75 Å². The van der Waals surface area contributed by atoms with E-state index >= 15 is 0 Å². The Morgan fingerprint density at radius 3 is 2.69 bits per heavy atom. The van der Waals surface area contributed by atoms with E-state index in [2.05, 4.69) is 0 Å². The van der Waals surface area contributed by atoms with E-state index in [4.69, 9.17) is 11.6 Å². The van der Waals surface area contributed by atoms with E-state index in [0.29, 0.717) is 12.0 Å². The molecule has 0 heterocycles. The fourth-order valence-electron chi connectivity index (χ4n) is 1.02. The van der Waals surface area contributed by atoms with E-state index in [0.717, 1.165) is 6.07 Å². The standard InChI is InChI=1S/C8H8ClNO3/c1-2-5-3-6(10(12)13)4-7(9)8(5)11/h3-4,11H,2H2,1H3. The molecule has 70 valence electrons. The molecule has 0 bridgehead atoms. The molecule has 0 saturated carbocycles. The average Bonchev–Trinajstić information content (AvgIpc) is 2.09. The van der Waals surface area contributed by atoms with Crippen molar-refractivity contribution in [3.63, 3.8) is 0 Å². The Morgan fingerprint density at radius 2 is 2.23 bits per heavy atom. The molecule has 1 rings (SSSR count). The molecule has 4 nitrogen and oxygen atoms in total. The minimum Gasteiger partial charge on any atom is -0.506 e. The van der Waals surface area contributed by atoms with Gasteiger partial charge >= 0.3 is 0 Å². The third kappa shape index (κ3) is 1.89. The van der Waals surface area contributed by atoms with Gasteiger partial charge in [0.15, 0.2) is 0 Å². The number of benzene rings is 1. The summed E-state index contributed by atoms with van der Waals surface area (Å²) in [5, 5.41) is 19.8. The first-order valence-corrected chi connectivity index (χ1v) is 4.09. The zero-order valence-electron chi connectivity index (χ0n) is 6.95. The van der Waals surface area contributed by atoms with Crippen LogP contribution in [0.15, 0.2) is 12.1 Å². The zero-order valence-corrected chi connectivity index (χ0v) is 7.71. The second-order valence-electron chi connectivity index (χ2n) is 2.55. The second-order valence-corrected chi connectivity index (χ2v) is 2.95. The summed E-state index contributed by atoms with van der Waals surface area (Å²) >= 11 is 5.59. The van der Waals surface area contributed by atoms with Gasteiger partial charge < -0.3 is 5.11 Å². The summed E-state index contributed by atoms with van der Waals surface area (Å²) in [6.07, 6.45) is 0.507. The SMILES string of the molecule is CCc1cc([N+](=O)[O-])cc(Cl)c1O. The van der Waals surface area contributed by atoms with Gasteiger partial charge in [-0.2, -0.15) is 0 Å². The number of hydrogen-bond donors (Lipinski definition) is 1. The summed E-state index contributed by atoms with van der Waals surface area (Å²) in [6, 6.07) is 2.46. The summed E-state index contributed by atoms with van der Waals surface area (Å²) in [6.45, 7) is 1.79. The van der Waals surface area contributed by atoms with Gasteiger partial charge in [0.25, 0.3) is 5.69 Å². The molecule has 1 aromatic carbocycles. The molecule has 0 aromatic heterocycles. The second kappa shape index (κ2) is 3.62. The van der Waals surface area contributed by atoms with E-state index in [1.807, 2.05) is 0 Å². The van der Waals surface area contributed by atoms with E-state index in [-0.39, 0.29) is 16.5 Å². The molecule has 0 fully saturated rings. The number of phenolic OH excluding ortho intramolecular Hbond substituents is 1. The lowest BCUT2D eigenvalue weighted by atomic mass is 10.1. The van der Waals surface area contributed by atoms with Crippen LogP contribution in [-0.4, -0.2) is 10.0 Å². The molecule has 0 aliphatic rings. The first-order chi connectivity index (χ1) is 6.06. The lowest BCUT2D eigenvalue weighted by Gasteiger charge is -2.02. The van der Waals surface area contributed by atoms with Crippen molar-refractivity contribution in [2.75, 3.05) is 0 Å². The average molecular weight is 202 g/mol. The molecule has 1 N–H and O–H groups in total. The van der Waals surface area contributed by atoms with Gasteiger partial charge in [-0.05, 0) is 6.42 Å². The van der Waals surface area contributed by atoms with Crippen molar-refractivity contribution in [2.45, 2.75) is 13.3 Å². The van der Waals surface area contributed by atoms with Gasteiger partial charge in [0.05, 0.1) is 9.95 Å². The number of aryl methyl sites for hydroxylation is 1.